The molecule has 0 saturated carbocycles. The van der Waals surface area contributed by atoms with Gasteiger partial charge in [0.25, 0.3) is 0 Å². The topological polar surface area (TPSA) is 66.8 Å². The summed E-state index contributed by atoms with van der Waals surface area (Å²) in [6.07, 6.45) is -4.88. The number of benzene rings is 1. The lowest BCUT2D eigenvalue weighted by molar-refractivity contribution is -0.228. The molecule has 0 radical (unpaired) electrons. The van der Waals surface area contributed by atoms with Crippen molar-refractivity contribution in [1.82, 2.24) is 4.31 Å². The average Bonchev–Trinajstić information content (AvgIpc) is 2.53. The Bertz CT molecular complexity index is 740. The Morgan fingerprint density at radius 1 is 1.17 bits per heavy atom. The van der Waals surface area contributed by atoms with Crippen LogP contribution in [0.15, 0.2) is 29.2 Å². The van der Waals surface area contributed by atoms with Crippen LogP contribution in [0.5, 0.6) is 0 Å². The minimum absolute atomic E-state index is 0.0255. The van der Waals surface area contributed by atoms with E-state index in [0.717, 1.165) is 0 Å². The van der Waals surface area contributed by atoms with Crippen molar-refractivity contribution >= 4 is 10.0 Å². The van der Waals surface area contributed by atoms with Gasteiger partial charge in [-0.2, -0.15) is 17.5 Å². The summed E-state index contributed by atoms with van der Waals surface area (Å²) in [5, 5.41) is 9.25. The molecule has 1 aromatic rings. The second-order valence-corrected chi connectivity index (χ2v) is 7.30. The third-order valence-electron chi connectivity index (χ3n) is 3.46. The minimum atomic E-state index is -4.88. The molecule has 0 amide bonds. The highest BCUT2D eigenvalue weighted by molar-refractivity contribution is 7.89. The molecule has 1 aromatic carbocycles. The molecule has 1 fully saturated rings. The smallest absolute Gasteiger partial charge is 0.379 e. The molecule has 1 atom stereocenters. The normalized spacial score (nSPS) is 19.2. The average molecular weight is 363 g/mol. The molecule has 24 heavy (non-hydrogen) atoms. The number of sulfonamides is 1. The first-order chi connectivity index (χ1) is 11.0. The van der Waals surface area contributed by atoms with E-state index in [0.29, 0.717) is 20.1 Å². The summed E-state index contributed by atoms with van der Waals surface area (Å²) in [4.78, 5) is 0.0255. The molecular weight excluding hydrogens is 347 g/mol. The number of nitrogens with zero attached hydrogens (tertiary/aromatic N) is 1. The monoisotopic (exact) mass is 363 g/mol. The third-order valence-corrected chi connectivity index (χ3v) is 5.38. The van der Waals surface area contributed by atoms with Crippen LogP contribution in [0.1, 0.15) is 12.5 Å². The maximum atomic E-state index is 12.5. The molecule has 1 N–H and O–H groups in total. The molecule has 1 saturated heterocycles. The number of morpholine rings is 1. The Morgan fingerprint density at radius 2 is 1.71 bits per heavy atom. The highest BCUT2D eigenvalue weighted by Gasteiger charge is 2.48. The van der Waals surface area contributed by atoms with E-state index in [4.69, 9.17) is 4.74 Å². The number of aliphatic hydroxyl groups is 1. The van der Waals surface area contributed by atoms with E-state index in [-0.39, 0.29) is 23.5 Å². The van der Waals surface area contributed by atoms with Crippen molar-refractivity contribution in [2.45, 2.75) is 23.6 Å². The molecule has 0 aliphatic carbocycles. The number of hydrogen-bond acceptors (Lipinski definition) is 4. The Balaban J connectivity index is 2.20. The van der Waals surface area contributed by atoms with Gasteiger partial charge in [-0.25, -0.2) is 8.42 Å². The first kappa shape index (κ1) is 18.7. The van der Waals surface area contributed by atoms with E-state index < -0.39 is 21.8 Å². The number of ether oxygens (including phenoxy) is 1. The Labute approximate surface area is 138 Å². The van der Waals surface area contributed by atoms with E-state index in [9.17, 15) is 26.7 Å². The molecule has 5 nitrogen and oxygen atoms in total. The molecule has 1 aliphatic heterocycles. The zero-order valence-corrected chi connectivity index (χ0v) is 13.6. The van der Waals surface area contributed by atoms with Crippen molar-refractivity contribution < 1.29 is 31.4 Å². The summed E-state index contributed by atoms with van der Waals surface area (Å²) in [6, 6.07) is 5.15. The maximum Gasteiger partial charge on any atom is 0.428 e. The lowest BCUT2D eigenvalue weighted by atomic mass is 10.1. The van der Waals surface area contributed by atoms with E-state index in [1.54, 1.807) is 5.92 Å². The van der Waals surface area contributed by atoms with Crippen molar-refractivity contribution in [1.29, 1.82) is 0 Å². The Morgan fingerprint density at radius 3 is 2.21 bits per heavy atom. The van der Waals surface area contributed by atoms with Crippen LogP contribution >= 0.6 is 0 Å². The molecule has 2 rings (SSSR count). The van der Waals surface area contributed by atoms with Gasteiger partial charge in [0.15, 0.2) is 0 Å². The summed E-state index contributed by atoms with van der Waals surface area (Å²) in [6.45, 7) is 1.68. The zero-order valence-electron chi connectivity index (χ0n) is 12.8. The van der Waals surface area contributed by atoms with Gasteiger partial charge in [0.1, 0.15) is 0 Å². The molecule has 1 aliphatic rings. The highest BCUT2D eigenvalue weighted by atomic mass is 32.2. The highest BCUT2D eigenvalue weighted by Crippen LogP contribution is 2.29. The van der Waals surface area contributed by atoms with Crippen LogP contribution in [-0.2, 0) is 14.8 Å². The quantitative estimate of drug-likeness (QED) is 0.806. The van der Waals surface area contributed by atoms with E-state index in [2.05, 4.69) is 5.92 Å². The van der Waals surface area contributed by atoms with Crippen LogP contribution in [0.3, 0.4) is 0 Å². The summed E-state index contributed by atoms with van der Waals surface area (Å²) in [5.41, 5.74) is -2.97. The molecular formula is C15H16F3NO4S. The summed E-state index contributed by atoms with van der Waals surface area (Å²) < 4.78 is 68.7. The Hall–Kier alpha value is -1.60. The van der Waals surface area contributed by atoms with Crippen LogP contribution in [-0.4, -0.2) is 55.9 Å². The van der Waals surface area contributed by atoms with Crippen molar-refractivity contribution in [3.63, 3.8) is 0 Å². The molecule has 1 unspecified atom stereocenters. The fourth-order valence-electron chi connectivity index (χ4n) is 1.91. The molecule has 9 heteroatoms. The predicted octanol–water partition coefficient (Wildman–Crippen LogP) is 1.37. The number of alkyl halides is 3. The molecule has 0 bridgehead atoms. The van der Waals surface area contributed by atoms with Gasteiger partial charge >= 0.3 is 6.18 Å². The first-order valence-electron chi connectivity index (χ1n) is 7.04. The van der Waals surface area contributed by atoms with Crippen molar-refractivity contribution in [2.75, 3.05) is 26.3 Å². The van der Waals surface area contributed by atoms with Crippen LogP contribution in [0.25, 0.3) is 0 Å². The van der Waals surface area contributed by atoms with E-state index >= 15 is 0 Å². The van der Waals surface area contributed by atoms with Crippen LogP contribution < -0.4 is 0 Å². The van der Waals surface area contributed by atoms with Gasteiger partial charge in [-0.05, 0) is 31.2 Å². The van der Waals surface area contributed by atoms with E-state index in [1.807, 2.05) is 0 Å². The van der Waals surface area contributed by atoms with Gasteiger partial charge < -0.3 is 9.84 Å². The lowest BCUT2D eigenvalue weighted by Crippen LogP contribution is -2.40. The fourth-order valence-corrected chi connectivity index (χ4v) is 3.32. The largest absolute Gasteiger partial charge is 0.428 e. The second kappa shape index (κ2) is 6.72. The van der Waals surface area contributed by atoms with Gasteiger partial charge in [0, 0.05) is 18.7 Å². The van der Waals surface area contributed by atoms with Crippen molar-refractivity contribution in [2.24, 2.45) is 0 Å². The molecule has 132 valence electrons. The summed E-state index contributed by atoms with van der Waals surface area (Å²) >= 11 is 0. The zero-order chi connectivity index (χ0) is 18.0. The predicted molar refractivity (Wildman–Crippen MR) is 79.6 cm³/mol. The van der Waals surface area contributed by atoms with Gasteiger partial charge in [0.05, 0.1) is 18.1 Å². The van der Waals surface area contributed by atoms with E-state index in [1.165, 1.54) is 28.6 Å². The van der Waals surface area contributed by atoms with Gasteiger partial charge in [0.2, 0.25) is 15.6 Å². The van der Waals surface area contributed by atoms with Crippen molar-refractivity contribution in [3.8, 4) is 11.8 Å². The van der Waals surface area contributed by atoms with Crippen molar-refractivity contribution in [3.05, 3.63) is 29.8 Å². The van der Waals surface area contributed by atoms with Gasteiger partial charge in [-0.15, -0.1) is 0 Å². The SMILES string of the molecule is CC(O)(C#Cc1ccc(S(=O)(=O)N2CCOCC2)cc1)C(F)(F)F. The standard InChI is InChI=1S/C15H16F3NO4S/c1-14(20,15(16,17)18)7-6-12-2-4-13(5-3-12)24(21,22)19-8-10-23-11-9-19/h2-5,20H,8-11H2,1H3. The maximum absolute atomic E-state index is 12.5. The molecule has 1 heterocycles. The van der Waals surface area contributed by atoms with Crippen LogP contribution in [0.2, 0.25) is 0 Å². The number of rotatable bonds is 2. The molecule has 0 aromatic heterocycles. The van der Waals surface area contributed by atoms with Gasteiger partial charge in [-0.3, -0.25) is 0 Å². The van der Waals surface area contributed by atoms with Gasteiger partial charge in [-0.1, -0.05) is 11.8 Å². The first-order valence-corrected chi connectivity index (χ1v) is 8.48. The molecule has 0 spiro atoms. The fraction of sp³-hybridized carbons (Fsp3) is 0.467. The Kier molecular flexibility index (Phi) is 5.25. The number of hydrogen-bond donors (Lipinski definition) is 1. The van der Waals surface area contributed by atoms with Crippen LogP contribution in [0.4, 0.5) is 13.2 Å². The van der Waals surface area contributed by atoms with Crippen LogP contribution in [0, 0.1) is 11.8 Å². The third kappa shape index (κ3) is 4.08. The second-order valence-electron chi connectivity index (χ2n) is 5.36. The number of halogens is 3. The summed E-state index contributed by atoms with van der Waals surface area (Å²) in [5.74, 6) is 3.94. The summed E-state index contributed by atoms with van der Waals surface area (Å²) in [7, 11) is -3.67. The minimum Gasteiger partial charge on any atom is -0.379 e. The lowest BCUT2D eigenvalue weighted by Gasteiger charge is -2.26.